The lowest BCUT2D eigenvalue weighted by Crippen LogP contribution is -2.38. The number of thiazole rings is 1. The number of piperidine rings is 1. The maximum Gasteiger partial charge on any atom is 0.273 e. The third-order valence-corrected chi connectivity index (χ3v) is 6.31. The molecule has 0 saturated carbocycles. The second-order valence-electron chi connectivity index (χ2n) is 5.93. The lowest BCUT2D eigenvalue weighted by atomic mass is 9.99. The first-order valence-electron chi connectivity index (χ1n) is 7.78. The lowest BCUT2D eigenvalue weighted by Gasteiger charge is -2.29. The van der Waals surface area contributed by atoms with E-state index in [-0.39, 0.29) is 15.9 Å². The summed E-state index contributed by atoms with van der Waals surface area (Å²) in [6.07, 6.45) is 1.98. The van der Waals surface area contributed by atoms with Crippen LogP contribution in [0.2, 0.25) is 0 Å². The summed E-state index contributed by atoms with van der Waals surface area (Å²) in [7, 11) is -3.68. The molecule has 0 spiro atoms. The normalized spacial score (nSPS) is 16.1. The molecule has 128 valence electrons. The van der Waals surface area contributed by atoms with Gasteiger partial charge in [-0.1, -0.05) is 25.1 Å². The van der Waals surface area contributed by atoms with Gasteiger partial charge in [-0.15, -0.1) is 11.3 Å². The van der Waals surface area contributed by atoms with Crippen molar-refractivity contribution in [2.45, 2.75) is 24.7 Å². The van der Waals surface area contributed by atoms with Gasteiger partial charge in [0.1, 0.15) is 5.69 Å². The standard InChI is InChI=1S/C16H19N3O3S2/c1-12-7-9-19(10-8-12)15(20)14-11-23-16(17-14)18-24(21,22)13-5-3-2-4-6-13/h2-6,11-12H,7-10H2,1H3,(H,17,18). The van der Waals surface area contributed by atoms with E-state index in [0.717, 1.165) is 37.3 Å². The number of benzene rings is 1. The van der Waals surface area contributed by atoms with E-state index in [1.807, 2.05) is 0 Å². The van der Waals surface area contributed by atoms with Crippen LogP contribution in [-0.4, -0.2) is 37.3 Å². The number of nitrogens with zero attached hydrogens (tertiary/aromatic N) is 2. The highest BCUT2D eigenvalue weighted by molar-refractivity contribution is 7.93. The summed E-state index contributed by atoms with van der Waals surface area (Å²) in [6.45, 7) is 3.63. The summed E-state index contributed by atoms with van der Waals surface area (Å²) in [6, 6.07) is 8.08. The van der Waals surface area contributed by atoms with E-state index in [1.165, 1.54) is 12.1 Å². The number of aromatic nitrogens is 1. The van der Waals surface area contributed by atoms with E-state index in [1.54, 1.807) is 28.5 Å². The van der Waals surface area contributed by atoms with E-state index in [4.69, 9.17) is 0 Å². The first-order valence-corrected chi connectivity index (χ1v) is 10.1. The number of carbonyl (C=O) groups excluding carboxylic acids is 1. The topological polar surface area (TPSA) is 79.4 Å². The van der Waals surface area contributed by atoms with Gasteiger partial charge in [-0.2, -0.15) is 0 Å². The lowest BCUT2D eigenvalue weighted by molar-refractivity contribution is 0.0692. The second-order valence-corrected chi connectivity index (χ2v) is 8.47. The van der Waals surface area contributed by atoms with Gasteiger partial charge in [0.15, 0.2) is 5.13 Å². The highest BCUT2D eigenvalue weighted by Gasteiger charge is 2.24. The quantitative estimate of drug-likeness (QED) is 0.903. The van der Waals surface area contributed by atoms with Crippen molar-refractivity contribution in [3.8, 4) is 0 Å². The Hall–Kier alpha value is -1.93. The van der Waals surface area contributed by atoms with Gasteiger partial charge in [0.2, 0.25) is 0 Å². The van der Waals surface area contributed by atoms with Crippen LogP contribution in [-0.2, 0) is 10.0 Å². The van der Waals surface area contributed by atoms with Crippen molar-refractivity contribution >= 4 is 32.4 Å². The highest BCUT2D eigenvalue weighted by atomic mass is 32.2. The molecule has 1 aliphatic heterocycles. The molecule has 2 aromatic rings. The fraction of sp³-hybridized carbons (Fsp3) is 0.375. The van der Waals surface area contributed by atoms with Gasteiger partial charge in [-0.3, -0.25) is 9.52 Å². The zero-order valence-electron chi connectivity index (χ0n) is 13.3. The summed E-state index contributed by atoms with van der Waals surface area (Å²) in [4.78, 5) is 18.5. The summed E-state index contributed by atoms with van der Waals surface area (Å²) in [5.41, 5.74) is 0.292. The van der Waals surface area contributed by atoms with Crippen molar-refractivity contribution in [1.29, 1.82) is 0 Å². The molecule has 0 unspecified atom stereocenters. The summed E-state index contributed by atoms with van der Waals surface area (Å²) in [5.74, 6) is 0.501. The Morgan fingerprint density at radius 3 is 2.58 bits per heavy atom. The predicted octanol–water partition coefficient (Wildman–Crippen LogP) is 2.82. The molecule has 8 heteroatoms. The van der Waals surface area contributed by atoms with E-state index in [2.05, 4.69) is 16.6 Å². The molecule has 0 atom stereocenters. The van der Waals surface area contributed by atoms with Gasteiger partial charge in [0, 0.05) is 18.5 Å². The van der Waals surface area contributed by atoms with Crippen molar-refractivity contribution in [3.05, 3.63) is 41.4 Å². The Kier molecular flexibility index (Phi) is 4.86. The van der Waals surface area contributed by atoms with Crippen molar-refractivity contribution in [2.24, 2.45) is 5.92 Å². The summed E-state index contributed by atoms with van der Waals surface area (Å²) < 4.78 is 27.0. The molecule has 1 amide bonds. The molecule has 1 fully saturated rings. The number of amides is 1. The van der Waals surface area contributed by atoms with Crippen molar-refractivity contribution in [1.82, 2.24) is 9.88 Å². The van der Waals surface area contributed by atoms with Gasteiger partial charge < -0.3 is 4.90 Å². The largest absolute Gasteiger partial charge is 0.337 e. The molecule has 1 aliphatic rings. The molecule has 1 aromatic heterocycles. The number of likely N-dealkylation sites (tertiary alicyclic amines) is 1. The van der Waals surface area contributed by atoms with Crippen molar-refractivity contribution < 1.29 is 13.2 Å². The van der Waals surface area contributed by atoms with Crippen molar-refractivity contribution in [3.63, 3.8) is 0 Å². The molecule has 0 radical (unpaired) electrons. The number of carbonyl (C=O) groups is 1. The number of rotatable bonds is 4. The monoisotopic (exact) mass is 365 g/mol. The van der Waals surface area contributed by atoms with Gasteiger partial charge in [0.05, 0.1) is 4.90 Å². The van der Waals surface area contributed by atoms with Crippen LogP contribution in [0, 0.1) is 5.92 Å². The zero-order valence-corrected chi connectivity index (χ0v) is 14.9. The molecule has 0 bridgehead atoms. The molecular weight excluding hydrogens is 346 g/mol. The van der Waals surface area contributed by atoms with Gasteiger partial charge in [-0.25, -0.2) is 13.4 Å². The van der Waals surface area contributed by atoms with Gasteiger partial charge in [0.25, 0.3) is 15.9 Å². The van der Waals surface area contributed by atoms with E-state index < -0.39 is 10.0 Å². The van der Waals surface area contributed by atoms with Crippen LogP contribution in [0.1, 0.15) is 30.3 Å². The zero-order chi connectivity index (χ0) is 17.2. The fourth-order valence-electron chi connectivity index (χ4n) is 2.57. The van der Waals surface area contributed by atoms with E-state index in [0.29, 0.717) is 11.6 Å². The third kappa shape index (κ3) is 3.76. The molecule has 1 N–H and O–H groups in total. The van der Waals surface area contributed by atoms with Crippen LogP contribution in [0.15, 0.2) is 40.6 Å². The number of hydrogen-bond donors (Lipinski definition) is 1. The molecule has 1 aromatic carbocycles. The van der Waals surface area contributed by atoms with Gasteiger partial charge in [-0.05, 0) is 30.9 Å². The fourth-order valence-corrected chi connectivity index (χ4v) is 4.52. The molecule has 1 saturated heterocycles. The average molecular weight is 365 g/mol. The number of hydrogen-bond acceptors (Lipinski definition) is 5. The first kappa shape index (κ1) is 16.9. The Morgan fingerprint density at radius 1 is 1.25 bits per heavy atom. The van der Waals surface area contributed by atoms with Crippen LogP contribution < -0.4 is 4.72 Å². The molecule has 0 aliphatic carbocycles. The number of sulfonamides is 1. The summed E-state index contributed by atoms with van der Waals surface area (Å²) >= 11 is 1.12. The van der Waals surface area contributed by atoms with E-state index >= 15 is 0 Å². The highest BCUT2D eigenvalue weighted by Crippen LogP contribution is 2.23. The Morgan fingerprint density at radius 2 is 1.92 bits per heavy atom. The molecule has 2 heterocycles. The Balaban J connectivity index is 1.71. The van der Waals surface area contributed by atoms with Gasteiger partial charge >= 0.3 is 0 Å². The smallest absolute Gasteiger partial charge is 0.273 e. The maximum absolute atomic E-state index is 12.4. The van der Waals surface area contributed by atoms with E-state index in [9.17, 15) is 13.2 Å². The Bertz CT molecular complexity index is 810. The number of nitrogens with one attached hydrogen (secondary N) is 1. The number of anilines is 1. The molecule has 3 rings (SSSR count). The molecular formula is C16H19N3O3S2. The van der Waals surface area contributed by atoms with Crippen LogP contribution in [0.4, 0.5) is 5.13 Å². The average Bonchev–Trinajstić information content (AvgIpc) is 3.03. The molecule has 24 heavy (non-hydrogen) atoms. The molecule has 6 nitrogen and oxygen atoms in total. The minimum atomic E-state index is -3.68. The first-order chi connectivity index (χ1) is 11.5. The Labute approximate surface area is 145 Å². The van der Waals surface area contributed by atoms with Crippen LogP contribution in [0.3, 0.4) is 0 Å². The predicted molar refractivity (Wildman–Crippen MR) is 93.7 cm³/mol. The van der Waals surface area contributed by atoms with Crippen molar-refractivity contribution in [2.75, 3.05) is 17.8 Å². The third-order valence-electron chi connectivity index (χ3n) is 4.07. The maximum atomic E-state index is 12.4. The SMILES string of the molecule is CC1CCN(C(=O)c2csc(NS(=O)(=O)c3ccccc3)n2)CC1. The second kappa shape index (κ2) is 6.90. The van der Waals surface area contributed by atoms with Crippen LogP contribution in [0.5, 0.6) is 0 Å². The summed E-state index contributed by atoms with van der Waals surface area (Å²) in [5, 5.41) is 1.80. The minimum Gasteiger partial charge on any atom is -0.337 e. The van der Waals surface area contributed by atoms with Crippen LogP contribution in [0.25, 0.3) is 0 Å². The minimum absolute atomic E-state index is 0.136. The van der Waals surface area contributed by atoms with Crippen LogP contribution >= 0.6 is 11.3 Å².